The Morgan fingerprint density at radius 1 is 1.13 bits per heavy atom. The van der Waals surface area contributed by atoms with Gasteiger partial charge in [0.05, 0.1) is 0 Å². The van der Waals surface area contributed by atoms with Crippen LogP contribution in [0.3, 0.4) is 0 Å². The molecule has 0 atom stereocenters. The minimum atomic E-state index is 0.254. The Hall–Kier alpha value is -1.35. The molecule has 0 aliphatic carbocycles. The molecule has 0 unspecified atom stereocenters. The van der Waals surface area contributed by atoms with Gasteiger partial charge in [-0.05, 0) is 31.9 Å². The van der Waals surface area contributed by atoms with Crippen LogP contribution in [0.15, 0.2) is 21.9 Å². The maximum absolute atomic E-state index is 7.40. The molecule has 0 amide bonds. The van der Waals surface area contributed by atoms with Crippen LogP contribution < -0.4 is 4.87 Å². The molecule has 1 aromatic heterocycles. The maximum atomic E-state index is 7.40. The van der Waals surface area contributed by atoms with Gasteiger partial charge in [-0.2, -0.15) is 0 Å². The Morgan fingerprint density at radius 2 is 1.73 bits per heavy atom. The van der Waals surface area contributed by atoms with E-state index in [0.29, 0.717) is 0 Å². The van der Waals surface area contributed by atoms with E-state index in [-0.39, 0.29) is 4.87 Å². The Morgan fingerprint density at radius 3 is 2.20 bits per heavy atom. The molecule has 2 nitrogen and oxygen atoms in total. The summed E-state index contributed by atoms with van der Waals surface area (Å²) in [7, 11) is 0. The minimum absolute atomic E-state index is 0.254. The third kappa shape index (κ3) is 1.88. The van der Waals surface area contributed by atoms with Crippen LogP contribution in [0.1, 0.15) is 16.7 Å². The van der Waals surface area contributed by atoms with Crippen LogP contribution in [0.2, 0.25) is 0 Å². The van der Waals surface area contributed by atoms with Gasteiger partial charge in [-0.1, -0.05) is 29.0 Å². The normalized spacial score (nSPS) is 10.6. The summed E-state index contributed by atoms with van der Waals surface area (Å²) in [5.41, 5.74) is 4.79. The monoisotopic (exact) mass is 219 g/mol. The van der Waals surface area contributed by atoms with Crippen molar-refractivity contribution in [2.24, 2.45) is 0 Å². The SMILES string of the molecule is Cc1cc(C)c(-c2csc(=N)o2)c(C)c1. The van der Waals surface area contributed by atoms with Crippen LogP contribution in [-0.2, 0) is 0 Å². The molecule has 0 saturated carbocycles. The number of rotatable bonds is 1. The zero-order chi connectivity index (χ0) is 11.0. The average Bonchev–Trinajstić information content (AvgIpc) is 2.49. The molecule has 1 heterocycles. The maximum Gasteiger partial charge on any atom is 0.271 e. The lowest BCUT2D eigenvalue weighted by atomic mass is 9.99. The lowest BCUT2D eigenvalue weighted by molar-refractivity contribution is 0.528. The highest BCUT2D eigenvalue weighted by Gasteiger charge is 2.09. The van der Waals surface area contributed by atoms with Crippen LogP contribution in [0, 0.1) is 26.2 Å². The molecule has 0 aliphatic rings. The highest BCUT2D eigenvalue weighted by Crippen LogP contribution is 2.28. The standard InChI is InChI=1S/C12H13NOS/c1-7-4-8(2)11(9(3)5-7)10-6-15-12(13)14-10/h4-6,13H,1-3H3. The predicted molar refractivity (Wildman–Crippen MR) is 62.1 cm³/mol. The summed E-state index contributed by atoms with van der Waals surface area (Å²) in [6, 6.07) is 4.28. The number of hydrogen-bond acceptors (Lipinski definition) is 3. The van der Waals surface area contributed by atoms with Gasteiger partial charge in [0.2, 0.25) is 0 Å². The molecule has 1 aromatic carbocycles. The lowest BCUT2D eigenvalue weighted by Crippen LogP contribution is -1.90. The molecule has 2 aromatic rings. The van der Waals surface area contributed by atoms with Crippen molar-refractivity contribution in [1.29, 1.82) is 5.41 Å². The molecule has 0 radical (unpaired) electrons. The van der Waals surface area contributed by atoms with Crippen LogP contribution in [0.5, 0.6) is 0 Å². The van der Waals surface area contributed by atoms with Crippen molar-refractivity contribution >= 4 is 11.3 Å². The molecule has 0 fully saturated rings. The molecule has 15 heavy (non-hydrogen) atoms. The Kier molecular flexibility index (Phi) is 2.49. The van der Waals surface area contributed by atoms with Crippen molar-refractivity contribution in [3.05, 3.63) is 39.1 Å². The van der Waals surface area contributed by atoms with E-state index < -0.39 is 0 Å². The molecule has 0 aliphatic heterocycles. The van der Waals surface area contributed by atoms with Crippen molar-refractivity contribution in [1.82, 2.24) is 0 Å². The highest BCUT2D eigenvalue weighted by molar-refractivity contribution is 7.07. The van der Waals surface area contributed by atoms with Gasteiger partial charge in [-0.25, -0.2) is 0 Å². The summed E-state index contributed by atoms with van der Waals surface area (Å²) < 4.78 is 5.36. The summed E-state index contributed by atoms with van der Waals surface area (Å²) in [6.07, 6.45) is 0. The van der Waals surface area contributed by atoms with Crippen molar-refractivity contribution in [2.75, 3.05) is 0 Å². The van der Waals surface area contributed by atoms with E-state index in [1.54, 1.807) is 0 Å². The number of aryl methyl sites for hydroxylation is 3. The quantitative estimate of drug-likeness (QED) is 0.784. The van der Waals surface area contributed by atoms with Crippen LogP contribution in [-0.4, -0.2) is 0 Å². The van der Waals surface area contributed by atoms with Gasteiger partial charge in [0.1, 0.15) is 5.76 Å². The van der Waals surface area contributed by atoms with Gasteiger partial charge in [-0.3, -0.25) is 5.41 Å². The number of hydrogen-bond donors (Lipinski definition) is 1. The molecule has 0 spiro atoms. The molecular formula is C12H13NOS. The summed E-state index contributed by atoms with van der Waals surface area (Å²) in [6.45, 7) is 6.24. The van der Waals surface area contributed by atoms with Crippen LogP contribution in [0.4, 0.5) is 0 Å². The van der Waals surface area contributed by atoms with Gasteiger partial charge in [0, 0.05) is 10.9 Å². The molecule has 78 valence electrons. The third-order valence-electron chi connectivity index (χ3n) is 2.40. The van der Waals surface area contributed by atoms with E-state index >= 15 is 0 Å². The van der Waals surface area contributed by atoms with Gasteiger partial charge in [-0.15, -0.1) is 0 Å². The second-order valence-corrected chi connectivity index (χ2v) is 4.61. The lowest BCUT2D eigenvalue weighted by Gasteiger charge is -2.07. The molecule has 3 heteroatoms. The van der Waals surface area contributed by atoms with E-state index in [1.807, 2.05) is 5.38 Å². The predicted octanol–water partition coefficient (Wildman–Crippen LogP) is 3.41. The Labute approximate surface area is 92.7 Å². The van der Waals surface area contributed by atoms with Gasteiger partial charge >= 0.3 is 0 Å². The van der Waals surface area contributed by atoms with Crippen molar-refractivity contribution in [3.63, 3.8) is 0 Å². The van der Waals surface area contributed by atoms with E-state index in [9.17, 15) is 0 Å². The van der Waals surface area contributed by atoms with E-state index in [1.165, 1.54) is 28.0 Å². The first kappa shape index (κ1) is 10.2. The fourth-order valence-electron chi connectivity index (χ4n) is 1.93. The third-order valence-corrected chi connectivity index (χ3v) is 3.03. The molecule has 1 N–H and O–H groups in total. The van der Waals surface area contributed by atoms with Crippen LogP contribution in [0.25, 0.3) is 11.3 Å². The molecular weight excluding hydrogens is 206 g/mol. The Bertz CT molecular complexity index is 528. The van der Waals surface area contributed by atoms with Crippen molar-refractivity contribution in [3.8, 4) is 11.3 Å². The first-order chi connectivity index (χ1) is 7.08. The fourth-order valence-corrected chi connectivity index (χ4v) is 2.45. The second kappa shape index (κ2) is 3.66. The summed E-state index contributed by atoms with van der Waals surface area (Å²) in [5, 5.41) is 9.30. The zero-order valence-electron chi connectivity index (χ0n) is 9.05. The average molecular weight is 219 g/mol. The fraction of sp³-hybridized carbons (Fsp3) is 0.250. The largest absolute Gasteiger partial charge is 0.430 e. The van der Waals surface area contributed by atoms with Crippen molar-refractivity contribution in [2.45, 2.75) is 20.8 Å². The topological polar surface area (TPSA) is 37.0 Å². The first-order valence-electron chi connectivity index (χ1n) is 4.79. The minimum Gasteiger partial charge on any atom is -0.430 e. The number of nitrogens with one attached hydrogen (secondary N) is 1. The molecule has 0 saturated heterocycles. The van der Waals surface area contributed by atoms with E-state index in [0.717, 1.165) is 11.3 Å². The second-order valence-electron chi connectivity index (χ2n) is 3.76. The van der Waals surface area contributed by atoms with Gasteiger partial charge in [0.25, 0.3) is 4.87 Å². The van der Waals surface area contributed by atoms with Crippen LogP contribution >= 0.6 is 11.3 Å². The molecule has 2 rings (SSSR count). The molecule has 0 bridgehead atoms. The van der Waals surface area contributed by atoms with Gasteiger partial charge in [0.15, 0.2) is 0 Å². The smallest absolute Gasteiger partial charge is 0.271 e. The first-order valence-corrected chi connectivity index (χ1v) is 5.67. The Balaban J connectivity index is 2.67. The van der Waals surface area contributed by atoms with E-state index in [2.05, 4.69) is 32.9 Å². The summed E-state index contributed by atoms with van der Waals surface area (Å²) in [4.78, 5) is 0.254. The summed E-state index contributed by atoms with van der Waals surface area (Å²) >= 11 is 1.32. The zero-order valence-corrected chi connectivity index (χ0v) is 9.87. The highest BCUT2D eigenvalue weighted by atomic mass is 32.1. The summed E-state index contributed by atoms with van der Waals surface area (Å²) in [5.74, 6) is 0.806. The van der Waals surface area contributed by atoms with E-state index in [4.69, 9.17) is 9.83 Å². The van der Waals surface area contributed by atoms with Crippen molar-refractivity contribution < 1.29 is 4.42 Å². The van der Waals surface area contributed by atoms with Gasteiger partial charge < -0.3 is 4.42 Å². The number of benzene rings is 1.